The van der Waals surface area contributed by atoms with Crippen LogP contribution in [0.5, 0.6) is 0 Å². The van der Waals surface area contributed by atoms with Crippen molar-refractivity contribution in [2.24, 2.45) is 5.73 Å². The smallest absolute Gasteiger partial charge is 0.137 e. The summed E-state index contributed by atoms with van der Waals surface area (Å²) in [6.07, 6.45) is 0. The molecule has 0 aliphatic rings. The lowest BCUT2D eigenvalue weighted by Gasteiger charge is -2.14. The molecule has 3 N–H and O–H groups in total. The second-order valence-electron chi connectivity index (χ2n) is 4.62. The van der Waals surface area contributed by atoms with Crippen LogP contribution < -0.4 is 11.1 Å². The number of nitrogens with one attached hydrogen (secondary N) is 1. The minimum atomic E-state index is -0.285. The van der Waals surface area contributed by atoms with Gasteiger partial charge in [-0.3, -0.25) is 0 Å². The summed E-state index contributed by atoms with van der Waals surface area (Å²) in [6.45, 7) is 3.83. The lowest BCUT2D eigenvalue weighted by molar-refractivity contribution is 0.620. The average Bonchev–Trinajstić information content (AvgIpc) is 2.35. The Morgan fingerprint density at radius 3 is 2.55 bits per heavy atom. The third-order valence-corrected chi connectivity index (χ3v) is 3.80. The molecule has 0 aliphatic heterocycles. The molecule has 0 spiro atoms. The van der Waals surface area contributed by atoms with Crippen molar-refractivity contribution >= 4 is 44.5 Å². The second kappa shape index (κ2) is 5.89. The van der Waals surface area contributed by atoms with E-state index in [1.54, 1.807) is 6.07 Å². The fraction of sp³-hybridized carbons (Fsp3) is 0.133. The van der Waals surface area contributed by atoms with Gasteiger partial charge in [0.05, 0.1) is 4.47 Å². The van der Waals surface area contributed by atoms with Crippen LogP contribution in [0.1, 0.15) is 16.7 Å². The number of thiocarbonyl (C=S) groups is 1. The standard InChI is InChI=1S/C15H14BrFN2S/c1-8-3-4-10(15(18)20)14(5-8)19-13-7-11(16)12(17)6-9(13)2/h3-7,19H,1-2H3,(H2,18,20). The van der Waals surface area contributed by atoms with Crippen LogP contribution in [-0.4, -0.2) is 4.99 Å². The predicted molar refractivity (Wildman–Crippen MR) is 89.2 cm³/mol. The molecule has 0 amide bonds. The van der Waals surface area contributed by atoms with Gasteiger partial charge in [0.15, 0.2) is 0 Å². The molecular formula is C15H14BrFN2S. The Morgan fingerprint density at radius 2 is 1.90 bits per heavy atom. The zero-order valence-corrected chi connectivity index (χ0v) is 13.5. The molecule has 2 nitrogen and oxygen atoms in total. The number of benzene rings is 2. The molecule has 2 rings (SSSR count). The Hall–Kier alpha value is -1.46. The number of hydrogen-bond donors (Lipinski definition) is 2. The van der Waals surface area contributed by atoms with Gasteiger partial charge in [-0.05, 0) is 65.2 Å². The van der Waals surface area contributed by atoms with Crippen LogP contribution in [0.4, 0.5) is 15.8 Å². The minimum Gasteiger partial charge on any atom is -0.389 e. The van der Waals surface area contributed by atoms with Gasteiger partial charge < -0.3 is 11.1 Å². The molecule has 0 unspecified atom stereocenters. The van der Waals surface area contributed by atoms with Gasteiger partial charge in [-0.25, -0.2) is 4.39 Å². The molecule has 0 saturated heterocycles. The van der Waals surface area contributed by atoms with Crippen LogP contribution in [0.15, 0.2) is 34.8 Å². The zero-order chi connectivity index (χ0) is 14.9. The highest BCUT2D eigenvalue weighted by Gasteiger charge is 2.09. The minimum absolute atomic E-state index is 0.285. The van der Waals surface area contributed by atoms with Crippen LogP contribution >= 0.6 is 28.1 Å². The maximum Gasteiger partial charge on any atom is 0.137 e. The molecule has 0 heterocycles. The van der Waals surface area contributed by atoms with E-state index in [0.29, 0.717) is 9.46 Å². The Balaban J connectivity index is 2.47. The first-order valence-corrected chi connectivity index (χ1v) is 7.21. The van der Waals surface area contributed by atoms with E-state index in [9.17, 15) is 4.39 Å². The van der Waals surface area contributed by atoms with Crippen molar-refractivity contribution in [3.63, 3.8) is 0 Å². The van der Waals surface area contributed by atoms with Gasteiger partial charge in [0, 0.05) is 16.9 Å². The third-order valence-electron chi connectivity index (χ3n) is 2.98. The molecule has 104 valence electrons. The molecular weight excluding hydrogens is 339 g/mol. The number of anilines is 2. The van der Waals surface area contributed by atoms with Crippen molar-refractivity contribution < 1.29 is 4.39 Å². The molecule has 20 heavy (non-hydrogen) atoms. The molecule has 0 aliphatic carbocycles. The van der Waals surface area contributed by atoms with Gasteiger partial charge >= 0.3 is 0 Å². The quantitative estimate of drug-likeness (QED) is 0.793. The molecule has 0 saturated carbocycles. The molecule has 0 aromatic heterocycles. The van der Waals surface area contributed by atoms with E-state index in [2.05, 4.69) is 21.2 Å². The van der Waals surface area contributed by atoms with E-state index in [-0.39, 0.29) is 5.82 Å². The van der Waals surface area contributed by atoms with E-state index in [1.807, 2.05) is 32.0 Å². The van der Waals surface area contributed by atoms with Gasteiger partial charge in [-0.15, -0.1) is 0 Å². The maximum absolute atomic E-state index is 13.5. The first-order valence-electron chi connectivity index (χ1n) is 6.01. The number of hydrogen-bond acceptors (Lipinski definition) is 2. The Kier molecular flexibility index (Phi) is 4.40. The molecule has 5 heteroatoms. The molecule has 0 fully saturated rings. The number of rotatable bonds is 3. The topological polar surface area (TPSA) is 38.0 Å². The van der Waals surface area contributed by atoms with Crippen molar-refractivity contribution in [1.82, 2.24) is 0 Å². The monoisotopic (exact) mass is 352 g/mol. The van der Waals surface area contributed by atoms with E-state index in [0.717, 1.165) is 28.1 Å². The van der Waals surface area contributed by atoms with E-state index >= 15 is 0 Å². The highest BCUT2D eigenvalue weighted by molar-refractivity contribution is 9.10. The van der Waals surface area contributed by atoms with Crippen LogP contribution in [0.25, 0.3) is 0 Å². The summed E-state index contributed by atoms with van der Waals surface area (Å²) >= 11 is 8.25. The van der Waals surface area contributed by atoms with Gasteiger partial charge in [-0.2, -0.15) is 0 Å². The Labute approximate surface area is 131 Å². The van der Waals surface area contributed by atoms with Crippen LogP contribution in [0.3, 0.4) is 0 Å². The molecule has 2 aromatic rings. The summed E-state index contributed by atoms with van der Waals surface area (Å²) in [4.78, 5) is 0.325. The molecule has 0 atom stereocenters. The number of aryl methyl sites for hydroxylation is 2. The van der Waals surface area contributed by atoms with Gasteiger partial charge in [-0.1, -0.05) is 18.3 Å². The molecule has 0 radical (unpaired) electrons. The van der Waals surface area contributed by atoms with E-state index in [1.165, 1.54) is 6.07 Å². The van der Waals surface area contributed by atoms with E-state index in [4.69, 9.17) is 18.0 Å². The summed E-state index contributed by atoms with van der Waals surface area (Å²) in [5, 5.41) is 3.27. The second-order valence-corrected chi connectivity index (χ2v) is 5.91. The zero-order valence-electron chi connectivity index (χ0n) is 11.1. The largest absolute Gasteiger partial charge is 0.389 e. The first-order chi connectivity index (χ1) is 9.38. The van der Waals surface area contributed by atoms with Crippen molar-refractivity contribution in [1.29, 1.82) is 0 Å². The lowest BCUT2D eigenvalue weighted by atomic mass is 10.1. The summed E-state index contributed by atoms with van der Waals surface area (Å²) in [5.41, 5.74) is 10.0. The maximum atomic E-state index is 13.5. The van der Waals surface area contributed by atoms with Crippen molar-refractivity contribution in [3.05, 3.63) is 57.3 Å². The highest BCUT2D eigenvalue weighted by Crippen LogP contribution is 2.29. The summed E-state index contributed by atoms with van der Waals surface area (Å²) in [7, 11) is 0. The summed E-state index contributed by atoms with van der Waals surface area (Å²) < 4.78 is 13.9. The summed E-state index contributed by atoms with van der Waals surface area (Å²) in [5.74, 6) is -0.285. The predicted octanol–water partition coefficient (Wildman–Crippen LogP) is 4.58. The summed E-state index contributed by atoms with van der Waals surface area (Å²) in [6, 6.07) is 8.98. The van der Waals surface area contributed by atoms with Crippen molar-refractivity contribution in [2.75, 3.05) is 5.32 Å². The van der Waals surface area contributed by atoms with Gasteiger partial charge in [0.2, 0.25) is 0 Å². The van der Waals surface area contributed by atoms with E-state index < -0.39 is 0 Å². The van der Waals surface area contributed by atoms with Crippen molar-refractivity contribution in [3.8, 4) is 0 Å². The number of nitrogens with two attached hydrogens (primary N) is 1. The Morgan fingerprint density at radius 1 is 1.20 bits per heavy atom. The molecule has 0 bridgehead atoms. The van der Waals surface area contributed by atoms with Crippen molar-refractivity contribution in [2.45, 2.75) is 13.8 Å². The highest BCUT2D eigenvalue weighted by atomic mass is 79.9. The Bertz CT molecular complexity index is 686. The molecule has 2 aromatic carbocycles. The van der Waals surface area contributed by atoms with Gasteiger partial charge in [0.1, 0.15) is 10.8 Å². The first kappa shape index (κ1) is 14.9. The normalized spacial score (nSPS) is 10.4. The SMILES string of the molecule is Cc1ccc(C(N)=S)c(Nc2cc(Br)c(F)cc2C)c1. The van der Waals surface area contributed by atoms with Crippen LogP contribution in [-0.2, 0) is 0 Å². The third kappa shape index (κ3) is 3.16. The fourth-order valence-electron chi connectivity index (χ4n) is 1.90. The average molecular weight is 353 g/mol. The van der Waals surface area contributed by atoms with Crippen LogP contribution in [0.2, 0.25) is 0 Å². The van der Waals surface area contributed by atoms with Crippen LogP contribution in [0, 0.1) is 19.7 Å². The number of halogens is 2. The van der Waals surface area contributed by atoms with Gasteiger partial charge in [0.25, 0.3) is 0 Å². The fourth-order valence-corrected chi connectivity index (χ4v) is 2.42. The lowest BCUT2D eigenvalue weighted by Crippen LogP contribution is -2.12.